The highest BCUT2D eigenvalue weighted by molar-refractivity contribution is 4.78. The van der Waals surface area contributed by atoms with Crippen molar-refractivity contribution < 1.29 is 0 Å². The van der Waals surface area contributed by atoms with Gasteiger partial charge in [0.25, 0.3) is 0 Å². The Balaban J connectivity index is 4.42. The highest BCUT2D eigenvalue weighted by Crippen LogP contribution is 2.22. The monoisotopic (exact) mass is 270 g/mol. The smallest absolute Gasteiger partial charge is 0.0110 e. The third-order valence-electron chi connectivity index (χ3n) is 4.49. The number of hydrogen-bond donors (Lipinski definition) is 1. The van der Waals surface area contributed by atoms with E-state index in [1.54, 1.807) is 0 Å². The van der Waals surface area contributed by atoms with E-state index in [4.69, 9.17) is 5.73 Å². The Morgan fingerprint density at radius 2 is 1.53 bits per heavy atom. The van der Waals surface area contributed by atoms with Gasteiger partial charge in [0.1, 0.15) is 0 Å². The second kappa shape index (κ2) is 10.7. The molecule has 0 aromatic carbocycles. The van der Waals surface area contributed by atoms with Crippen molar-refractivity contribution in [1.82, 2.24) is 4.90 Å². The van der Waals surface area contributed by atoms with Crippen LogP contribution in [0.3, 0.4) is 0 Å². The Morgan fingerprint density at radius 1 is 0.947 bits per heavy atom. The Bertz CT molecular complexity index is 203. The van der Waals surface area contributed by atoms with Gasteiger partial charge in [0.2, 0.25) is 0 Å². The Kier molecular flexibility index (Phi) is 10.6. The van der Waals surface area contributed by atoms with Crippen molar-refractivity contribution in [3.63, 3.8) is 0 Å². The maximum absolute atomic E-state index is 6.01. The van der Waals surface area contributed by atoms with E-state index in [1.807, 2.05) is 0 Å². The highest BCUT2D eigenvalue weighted by Gasteiger charge is 2.22. The van der Waals surface area contributed by atoms with E-state index in [-0.39, 0.29) is 0 Å². The number of rotatable bonds is 11. The van der Waals surface area contributed by atoms with Gasteiger partial charge in [-0.2, -0.15) is 0 Å². The third-order valence-corrected chi connectivity index (χ3v) is 4.49. The topological polar surface area (TPSA) is 29.3 Å². The molecular weight excluding hydrogens is 232 g/mol. The van der Waals surface area contributed by atoms with Crippen molar-refractivity contribution in [3.8, 4) is 0 Å². The van der Waals surface area contributed by atoms with Gasteiger partial charge in [0.15, 0.2) is 0 Å². The van der Waals surface area contributed by atoms with Crippen LogP contribution in [0.5, 0.6) is 0 Å². The average Bonchev–Trinajstić information content (AvgIpc) is 2.36. The van der Waals surface area contributed by atoms with Crippen molar-refractivity contribution in [3.05, 3.63) is 0 Å². The molecule has 0 spiro atoms. The minimum absolute atomic E-state index is 0.309. The summed E-state index contributed by atoms with van der Waals surface area (Å²) >= 11 is 0. The van der Waals surface area contributed by atoms with Crippen LogP contribution in [0.4, 0.5) is 0 Å². The summed E-state index contributed by atoms with van der Waals surface area (Å²) in [4.78, 5) is 2.59. The third kappa shape index (κ3) is 7.94. The second-order valence-electron chi connectivity index (χ2n) is 6.47. The Morgan fingerprint density at radius 3 is 1.95 bits per heavy atom. The van der Waals surface area contributed by atoms with Crippen molar-refractivity contribution >= 4 is 0 Å². The van der Waals surface area contributed by atoms with Gasteiger partial charge >= 0.3 is 0 Å². The first-order valence-corrected chi connectivity index (χ1v) is 8.43. The van der Waals surface area contributed by atoms with Crippen molar-refractivity contribution in [2.75, 3.05) is 7.05 Å². The maximum atomic E-state index is 6.01. The van der Waals surface area contributed by atoms with Gasteiger partial charge in [-0.05, 0) is 46.1 Å². The van der Waals surface area contributed by atoms with Crippen molar-refractivity contribution in [2.24, 2.45) is 11.7 Å². The first kappa shape index (κ1) is 18.9. The number of hydrogen-bond acceptors (Lipinski definition) is 2. The van der Waals surface area contributed by atoms with E-state index >= 15 is 0 Å². The van der Waals surface area contributed by atoms with Crippen LogP contribution in [0.1, 0.15) is 79.6 Å². The summed E-state index contributed by atoms with van der Waals surface area (Å²) in [5, 5.41) is 0. The van der Waals surface area contributed by atoms with Gasteiger partial charge in [0, 0.05) is 18.1 Å². The minimum atomic E-state index is 0.309. The van der Waals surface area contributed by atoms with Crippen molar-refractivity contribution in [2.45, 2.75) is 97.7 Å². The summed E-state index contributed by atoms with van der Waals surface area (Å²) in [7, 11) is 2.30. The molecule has 4 atom stereocenters. The van der Waals surface area contributed by atoms with Crippen LogP contribution in [0.25, 0.3) is 0 Å². The molecule has 19 heavy (non-hydrogen) atoms. The highest BCUT2D eigenvalue weighted by atomic mass is 15.2. The lowest BCUT2D eigenvalue weighted by atomic mass is 9.91. The summed E-state index contributed by atoms with van der Waals surface area (Å²) in [5.74, 6) is 0.889. The molecule has 0 aliphatic rings. The van der Waals surface area contributed by atoms with Crippen LogP contribution >= 0.6 is 0 Å². The van der Waals surface area contributed by atoms with Gasteiger partial charge in [0.05, 0.1) is 0 Å². The molecule has 0 rings (SSSR count). The standard InChI is InChI=1S/C17H38N2/c1-7-10-16(9-3)13-15(5)19(6)17(11-8-2)12-14(4)18/h14-17H,7-13,18H2,1-6H3. The first-order valence-electron chi connectivity index (χ1n) is 8.43. The lowest BCUT2D eigenvalue weighted by Gasteiger charge is -2.36. The van der Waals surface area contributed by atoms with Crippen LogP contribution in [-0.2, 0) is 0 Å². The molecule has 0 aromatic heterocycles. The molecule has 0 fully saturated rings. The SMILES string of the molecule is CCCC(CC)CC(C)N(C)C(CCC)CC(C)N. The second-order valence-corrected chi connectivity index (χ2v) is 6.47. The van der Waals surface area contributed by atoms with E-state index in [2.05, 4.69) is 46.6 Å². The largest absolute Gasteiger partial charge is 0.328 e. The van der Waals surface area contributed by atoms with Gasteiger partial charge in [-0.15, -0.1) is 0 Å². The summed E-state index contributed by atoms with van der Waals surface area (Å²) in [5.41, 5.74) is 6.01. The lowest BCUT2D eigenvalue weighted by Crippen LogP contribution is -2.42. The fourth-order valence-electron chi connectivity index (χ4n) is 3.16. The predicted molar refractivity (Wildman–Crippen MR) is 87.5 cm³/mol. The molecule has 0 aliphatic heterocycles. The molecule has 0 heterocycles. The van der Waals surface area contributed by atoms with Gasteiger partial charge < -0.3 is 10.6 Å². The van der Waals surface area contributed by atoms with Crippen LogP contribution in [0, 0.1) is 5.92 Å². The summed E-state index contributed by atoms with van der Waals surface area (Å²) in [6.45, 7) is 11.4. The van der Waals surface area contributed by atoms with Gasteiger partial charge in [-0.1, -0.05) is 46.5 Å². The normalized spacial score (nSPS) is 18.3. The van der Waals surface area contributed by atoms with E-state index in [9.17, 15) is 0 Å². The van der Waals surface area contributed by atoms with Gasteiger partial charge in [-0.25, -0.2) is 0 Å². The van der Waals surface area contributed by atoms with E-state index in [0.29, 0.717) is 18.1 Å². The van der Waals surface area contributed by atoms with Crippen LogP contribution in [0.2, 0.25) is 0 Å². The van der Waals surface area contributed by atoms with Crippen LogP contribution < -0.4 is 5.73 Å². The van der Waals surface area contributed by atoms with E-state index < -0.39 is 0 Å². The molecule has 0 bridgehead atoms. The summed E-state index contributed by atoms with van der Waals surface area (Å²) in [6, 6.07) is 1.63. The predicted octanol–water partition coefficient (Wildman–Crippen LogP) is 4.43. The summed E-state index contributed by atoms with van der Waals surface area (Å²) in [6.07, 6.45) is 8.98. The molecule has 0 aliphatic carbocycles. The van der Waals surface area contributed by atoms with Crippen molar-refractivity contribution in [1.29, 1.82) is 0 Å². The lowest BCUT2D eigenvalue weighted by molar-refractivity contribution is 0.137. The van der Waals surface area contributed by atoms with E-state index in [1.165, 1.54) is 38.5 Å². The fraction of sp³-hybridized carbons (Fsp3) is 1.00. The molecular formula is C17H38N2. The molecule has 0 amide bonds. The molecule has 2 nitrogen and oxygen atoms in total. The van der Waals surface area contributed by atoms with Crippen LogP contribution in [-0.4, -0.2) is 30.1 Å². The van der Waals surface area contributed by atoms with Crippen LogP contribution in [0.15, 0.2) is 0 Å². The molecule has 0 saturated carbocycles. The number of nitrogens with two attached hydrogens (primary N) is 1. The average molecular weight is 271 g/mol. The zero-order chi connectivity index (χ0) is 14.8. The zero-order valence-electron chi connectivity index (χ0n) is 14.3. The van der Waals surface area contributed by atoms with E-state index in [0.717, 1.165) is 12.3 Å². The fourth-order valence-corrected chi connectivity index (χ4v) is 3.16. The zero-order valence-corrected chi connectivity index (χ0v) is 14.3. The maximum Gasteiger partial charge on any atom is 0.0110 e. The Labute approximate surface area is 122 Å². The first-order chi connectivity index (χ1) is 8.96. The Hall–Kier alpha value is -0.0800. The summed E-state index contributed by atoms with van der Waals surface area (Å²) < 4.78 is 0. The number of nitrogens with zero attached hydrogens (tertiary/aromatic N) is 1. The quantitative estimate of drug-likeness (QED) is 0.602. The molecule has 2 N–H and O–H groups in total. The van der Waals surface area contributed by atoms with Gasteiger partial charge in [-0.3, -0.25) is 0 Å². The molecule has 0 radical (unpaired) electrons. The molecule has 0 aromatic rings. The molecule has 0 saturated heterocycles. The molecule has 116 valence electrons. The minimum Gasteiger partial charge on any atom is -0.328 e. The molecule has 2 heteroatoms. The molecule has 4 unspecified atom stereocenters.